The highest BCUT2D eigenvalue weighted by molar-refractivity contribution is 5.99. The molecule has 8 nitrogen and oxygen atoms in total. The molecule has 0 aliphatic heterocycles. The molecule has 0 spiro atoms. The summed E-state index contributed by atoms with van der Waals surface area (Å²) in [6.07, 6.45) is 5.49. The lowest BCUT2D eigenvalue weighted by atomic mass is 9.91. The third kappa shape index (κ3) is 4.14. The van der Waals surface area contributed by atoms with Crippen LogP contribution in [0.1, 0.15) is 54.6 Å². The third-order valence-electron chi connectivity index (χ3n) is 4.99. The van der Waals surface area contributed by atoms with Crippen LogP contribution in [0.4, 0.5) is 11.5 Å². The molecule has 2 aromatic rings. The molecule has 1 aliphatic carbocycles. The number of nitrogens with two attached hydrogens (primary N) is 1. The molecule has 0 saturated heterocycles. The molecule has 3 N–H and O–H groups in total. The Morgan fingerprint density at radius 1 is 1.36 bits per heavy atom. The summed E-state index contributed by atoms with van der Waals surface area (Å²) in [7, 11) is 1.51. The molecule has 2 atom stereocenters. The second-order valence-electron chi connectivity index (χ2n) is 6.85. The first kappa shape index (κ1) is 19.4. The monoisotopic (exact) mass is 380 g/mol. The lowest BCUT2D eigenvalue weighted by molar-refractivity contribution is 0.100. The zero-order valence-corrected chi connectivity index (χ0v) is 16.1. The predicted molar refractivity (Wildman–Crippen MR) is 108 cm³/mol. The van der Waals surface area contributed by atoms with Gasteiger partial charge in [-0.2, -0.15) is 5.10 Å². The number of nitrogens with zero attached hydrogens (tertiary/aromatic N) is 4. The van der Waals surface area contributed by atoms with Gasteiger partial charge >= 0.3 is 0 Å². The molecule has 1 aromatic carbocycles. The largest absolute Gasteiger partial charge is 0.399 e. The van der Waals surface area contributed by atoms with E-state index in [1.54, 1.807) is 10.9 Å². The van der Waals surface area contributed by atoms with Crippen LogP contribution in [0, 0.1) is 6.57 Å². The Labute approximate surface area is 164 Å². The van der Waals surface area contributed by atoms with E-state index in [1.165, 1.54) is 7.11 Å². The SMILES string of the molecule is [C-]#[N+][C@H]1CCCC[C@@H]1n1cc(C(N)=O)c(Nc2ccc(/C(C)=N/OC)cc2)n1. The van der Waals surface area contributed by atoms with Gasteiger partial charge in [0.25, 0.3) is 5.91 Å². The van der Waals surface area contributed by atoms with Gasteiger partial charge in [0.2, 0.25) is 6.04 Å². The normalized spacial score (nSPS) is 19.7. The van der Waals surface area contributed by atoms with Gasteiger partial charge in [0.15, 0.2) is 5.82 Å². The average Bonchev–Trinajstić information content (AvgIpc) is 3.12. The average molecular weight is 380 g/mol. The van der Waals surface area contributed by atoms with Crippen LogP contribution in [-0.2, 0) is 4.84 Å². The van der Waals surface area contributed by atoms with E-state index in [0.29, 0.717) is 11.4 Å². The molecule has 1 fully saturated rings. The van der Waals surface area contributed by atoms with Crippen molar-refractivity contribution in [1.82, 2.24) is 9.78 Å². The van der Waals surface area contributed by atoms with Gasteiger partial charge in [-0.25, -0.2) is 6.57 Å². The molecule has 3 rings (SSSR count). The molecule has 1 saturated carbocycles. The van der Waals surface area contributed by atoms with E-state index in [0.717, 1.165) is 42.6 Å². The molecule has 8 heteroatoms. The Bertz CT molecular complexity index is 910. The third-order valence-corrected chi connectivity index (χ3v) is 4.99. The first-order chi connectivity index (χ1) is 13.5. The number of carbonyl (C=O) groups is 1. The molecule has 1 aliphatic rings. The van der Waals surface area contributed by atoms with Gasteiger partial charge in [-0.3, -0.25) is 9.48 Å². The Balaban J connectivity index is 1.85. The van der Waals surface area contributed by atoms with Crippen molar-refractivity contribution in [2.24, 2.45) is 10.9 Å². The number of rotatable bonds is 6. The number of benzene rings is 1. The highest BCUT2D eigenvalue weighted by Gasteiger charge is 2.32. The molecule has 0 radical (unpaired) electrons. The first-order valence-corrected chi connectivity index (χ1v) is 9.24. The van der Waals surface area contributed by atoms with Crippen molar-refractivity contribution in [2.45, 2.75) is 44.7 Å². The molecule has 146 valence electrons. The van der Waals surface area contributed by atoms with Crippen molar-refractivity contribution in [3.05, 3.63) is 53.0 Å². The van der Waals surface area contributed by atoms with E-state index in [4.69, 9.17) is 17.1 Å². The summed E-state index contributed by atoms with van der Waals surface area (Å²) in [4.78, 5) is 20.5. The number of hydrogen-bond acceptors (Lipinski definition) is 5. The Kier molecular flexibility index (Phi) is 5.94. The minimum Gasteiger partial charge on any atom is -0.399 e. The van der Waals surface area contributed by atoms with Crippen LogP contribution in [0.25, 0.3) is 4.85 Å². The maximum Gasteiger partial charge on any atom is 0.254 e. The van der Waals surface area contributed by atoms with E-state index in [2.05, 4.69) is 20.4 Å². The maximum absolute atomic E-state index is 11.9. The molecule has 1 heterocycles. The van der Waals surface area contributed by atoms with Crippen LogP contribution >= 0.6 is 0 Å². The fraction of sp³-hybridized carbons (Fsp3) is 0.400. The fourth-order valence-electron chi connectivity index (χ4n) is 3.51. The van der Waals surface area contributed by atoms with E-state index < -0.39 is 5.91 Å². The maximum atomic E-state index is 11.9. The summed E-state index contributed by atoms with van der Waals surface area (Å²) < 4.78 is 1.73. The van der Waals surface area contributed by atoms with Gasteiger partial charge in [-0.05, 0) is 37.5 Å². The fourth-order valence-corrected chi connectivity index (χ4v) is 3.51. The van der Waals surface area contributed by atoms with Gasteiger partial charge in [0.05, 0.1) is 5.71 Å². The quantitative estimate of drug-likeness (QED) is 0.455. The number of nitrogens with one attached hydrogen (secondary N) is 1. The standard InChI is InChI=1S/C20H24N6O2/c1-13(25-28-3)14-8-10-15(11-9-14)23-20-16(19(21)27)12-26(24-20)18-7-5-4-6-17(18)22-2/h8-12,17-18H,4-7H2,1,3H3,(H2,21,27)(H,23,24)/b25-13+/t17-,18-/m0/s1. The Hall–Kier alpha value is -3.34. The van der Waals surface area contributed by atoms with Gasteiger partial charge in [0, 0.05) is 18.3 Å². The number of hydrogen-bond donors (Lipinski definition) is 2. The van der Waals surface area contributed by atoms with E-state index in [1.807, 2.05) is 31.2 Å². The summed E-state index contributed by atoms with van der Waals surface area (Å²) in [6.45, 7) is 9.30. The van der Waals surface area contributed by atoms with Crippen LogP contribution < -0.4 is 11.1 Å². The molecule has 1 aromatic heterocycles. The summed E-state index contributed by atoms with van der Waals surface area (Å²) in [5, 5.41) is 11.6. The topological polar surface area (TPSA) is 98.9 Å². The molecular formula is C20H24N6O2. The number of anilines is 2. The zero-order chi connectivity index (χ0) is 20.1. The number of carbonyl (C=O) groups excluding carboxylic acids is 1. The second kappa shape index (κ2) is 8.57. The lowest BCUT2D eigenvalue weighted by Crippen LogP contribution is -2.25. The van der Waals surface area contributed by atoms with E-state index >= 15 is 0 Å². The lowest BCUT2D eigenvalue weighted by Gasteiger charge is -2.23. The van der Waals surface area contributed by atoms with Crippen LogP contribution in [0.5, 0.6) is 0 Å². The van der Waals surface area contributed by atoms with Crippen molar-refractivity contribution < 1.29 is 9.63 Å². The van der Waals surface area contributed by atoms with Crippen molar-refractivity contribution in [3.63, 3.8) is 0 Å². The highest BCUT2D eigenvalue weighted by atomic mass is 16.6. The number of primary amides is 1. The van der Waals surface area contributed by atoms with Crippen LogP contribution in [0.2, 0.25) is 0 Å². The number of amides is 1. The second-order valence-corrected chi connectivity index (χ2v) is 6.85. The van der Waals surface area contributed by atoms with Gasteiger partial charge < -0.3 is 20.7 Å². The number of aromatic nitrogens is 2. The minimum absolute atomic E-state index is 0.0322. The van der Waals surface area contributed by atoms with Crippen LogP contribution in [-0.4, -0.2) is 34.6 Å². The molecule has 0 bridgehead atoms. The van der Waals surface area contributed by atoms with Gasteiger partial charge in [0.1, 0.15) is 18.7 Å². The Morgan fingerprint density at radius 3 is 2.71 bits per heavy atom. The number of oxime groups is 1. The Morgan fingerprint density at radius 2 is 2.07 bits per heavy atom. The van der Waals surface area contributed by atoms with Crippen LogP contribution in [0.15, 0.2) is 35.6 Å². The van der Waals surface area contributed by atoms with E-state index in [9.17, 15) is 4.79 Å². The first-order valence-electron chi connectivity index (χ1n) is 9.24. The summed E-state index contributed by atoms with van der Waals surface area (Å²) in [5.74, 6) is -0.152. The van der Waals surface area contributed by atoms with Gasteiger partial charge in [-0.15, -0.1) is 0 Å². The summed E-state index contributed by atoms with van der Waals surface area (Å²) in [5.41, 5.74) is 8.33. The molecular weight excluding hydrogens is 356 g/mol. The van der Waals surface area contributed by atoms with Crippen molar-refractivity contribution in [3.8, 4) is 0 Å². The van der Waals surface area contributed by atoms with E-state index in [-0.39, 0.29) is 12.1 Å². The van der Waals surface area contributed by atoms with Gasteiger partial charge in [-0.1, -0.05) is 23.7 Å². The predicted octanol–water partition coefficient (Wildman–Crippen LogP) is 3.50. The molecule has 28 heavy (non-hydrogen) atoms. The summed E-state index contributed by atoms with van der Waals surface area (Å²) in [6, 6.07) is 7.39. The zero-order valence-electron chi connectivity index (χ0n) is 16.1. The summed E-state index contributed by atoms with van der Waals surface area (Å²) >= 11 is 0. The highest BCUT2D eigenvalue weighted by Crippen LogP contribution is 2.32. The van der Waals surface area contributed by atoms with Crippen molar-refractivity contribution >= 4 is 23.1 Å². The molecule has 1 amide bonds. The minimum atomic E-state index is -0.552. The van der Waals surface area contributed by atoms with Crippen molar-refractivity contribution in [1.29, 1.82) is 0 Å². The molecule has 0 unspecified atom stereocenters. The van der Waals surface area contributed by atoms with Crippen LogP contribution in [0.3, 0.4) is 0 Å². The smallest absolute Gasteiger partial charge is 0.254 e. The van der Waals surface area contributed by atoms with Crippen molar-refractivity contribution in [2.75, 3.05) is 12.4 Å².